The van der Waals surface area contributed by atoms with E-state index in [1.54, 1.807) is 38.1 Å². The maximum atomic E-state index is 11.9. The first kappa shape index (κ1) is 15.6. The molecule has 0 bridgehead atoms. The molecular formula is C14H17N5O3. The molecule has 0 radical (unpaired) electrons. The predicted molar refractivity (Wildman–Crippen MR) is 77.3 cm³/mol. The van der Waals surface area contributed by atoms with Gasteiger partial charge in [-0.1, -0.05) is 26.0 Å². The quantitative estimate of drug-likeness (QED) is 0.800. The Bertz CT molecular complexity index is 637. The number of hydrogen-bond donors (Lipinski definition) is 2. The number of rotatable bonds is 6. The molecule has 2 rings (SSSR count). The minimum Gasteiger partial charge on any atom is -0.480 e. The summed E-state index contributed by atoms with van der Waals surface area (Å²) in [5, 5.41) is 22.5. The molecule has 1 heterocycles. The van der Waals surface area contributed by atoms with Crippen LogP contribution in [0, 0.1) is 5.92 Å². The van der Waals surface area contributed by atoms with Gasteiger partial charge in [-0.25, -0.2) is 9.48 Å². The van der Waals surface area contributed by atoms with Crippen molar-refractivity contribution in [2.45, 2.75) is 26.3 Å². The van der Waals surface area contributed by atoms with E-state index in [2.05, 4.69) is 20.8 Å². The Morgan fingerprint density at radius 2 is 1.95 bits per heavy atom. The molecule has 0 aliphatic carbocycles. The number of nitrogens with zero attached hydrogens (tertiary/aromatic N) is 4. The van der Waals surface area contributed by atoms with Crippen LogP contribution in [0.2, 0.25) is 0 Å². The van der Waals surface area contributed by atoms with Crippen molar-refractivity contribution in [2.75, 3.05) is 0 Å². The third-order valence-electron chi connectivity index (χ3n) is 3.16. The Kier molecular flexibility index (Phi) is 4.82. The second kappa shape index (κ2) is 6.79. The van der Waals surface area contributed by atoms with E-state index in [0.29, 0.717) is 0 Å². The molecule has 0 aliphatic rings. The molecule has 0 spiro atoms. The number of carbonyl (C=O) groups is 2. The lowest BCUT2D eigenvalue weighted by molar-refractivity contribution is -0.143. The fourth-order valence-corrected chi connectivity index (χ4v) is 1.97. The van der Waals surface area contributed by atoms with Crippen LogP contribution in [0.5, 0.6) is 0 Å². The Balaban J connectivity index is 1.98. The average Bonchev–Trinajstić information content (AvgIpc) is 2.99. The molecule has 8 nitrogen and oxygen atoms in total. The average molecular weight is 303 g/mol. The molecule has 2 aromatic rings. The van der Waals surface area contributed by atoms with E-state index in [9.17, 15) is 9.59 Å². The number of aromatic nitrogens is 4. The number of aliphatic carboxylic acids is 1. The van der Waals surface area contributed by atoms with Gasteiger partial charge in [-0.15, -0.1) is 5.10 Å². The molecule has 0 unspecified atom stereocenters. The fraction of sp³-hybridized carbons (Fsp3) is 0.357. The van der Waals surface area contributed by atoms with Crippen molar-refractivity contribution in [3.8, 4) is 5.69 Å². The molecular weight excluding hydrogens is 286 g/mol. The highest BCUT2D eigenvalue weighted by atomic mass is 16.4. The number of tetrazole rings is 1. The molecule has 22 heavy (non-hydrogen) atoms. The van der Waals surface area contributed by atoms with E-state index in [1.165, 1.54) is 11.0 Å². The minimum absolute atomic E-state index is 0.117. The molecule has 2 N–H and O–H groups in total. The van der Waals surface area contributed by atoms with Gasteiger partial charge in [-0.3, -0.25) is 4.79 Å². The Morgan fingerprint density at radius 1 is 1.27 bits per heavy atom. The highest BCUT2D eigenvalue weighted by molar-refractivity contribution is 5.85. The van der Waals surface area contributed by atoms with E-state index in [0.717, 1.165) is 11.3 Å². The number of hydrogen-bond acceptors (Lipinski definition) is 5. The first-order valence-corrected chi connectivity index (χ1v) is 6.82. The Hall–Kier alpha value is -2.77. The van der Waals surface area contributed by atoms with Crippen LogP contribution >= 0.6 is 0 Å². The molecule has 116 valence electrons. The summed E-state index contributed by atoms with van der Waals surface area (Å²) in [6.07, 6.45) is 1.59. The van der Waals surface area contributed by atoms with E-state index in [-0.39, 0.29) is 18.2 Å². The van der Waals surface area contributed by atoms with Gasteiger partial charge in [0.25, 0.3) is 0 Å². The number of benzene rings is 1. The van der Waals surface area contributed by atoms with Crippen LogP contribution in [0.1, 0.15) is 19.4 Å². The largest absolute Gasteiger partial charge is 0.480 e. The van der Waals surface area contributed by atoms with Gasteiger partial charge >= 0.3 is 5.97 Å². The summed E-state index contributed by atoms with van der Waals surface area (Å²) in [6, 6.07) is 6.25. The van der Waals surface area contributed by atoms with Crippen LogP contribution in [0.3, 0.4) is 0 Å². The molecule has 0 saturated heterocycles. The van der Waals surface area contributed by atoms with Gasteiger partial charge in [0.05, 0.1) is 12.1 Å². The lowest BCUT2D eigenvalue weighted by atomic mass is 10.0. The van der Waals surface area contributed by atoms with Crippen molar-refractivity contribution in [3.63, 3.8) is 0 Å². The number of carbonyl (C=O) groups excluding carboxylic acids is 1. The van der Waals surface area contributed by atoms with Crippen molar-refractivity contribution in [1.29, 1.82) is 0 Å². The van der Waals surface area contributed by atoms with Crippen molar-refractivity contribution >= 4 is 11.9 Å². The molecule has 1 aromatic carbocycles. The van der Waals surface area contributed by atoms with Gasteiger partial charge < -0.3 is 10.4 Å². The summed E-state index contributed by atoms with van der Waals surface area (Å²) in [5.41, 5.74) is 1.56. The van der Waals surface area contributed by atoms with Crippen molar-refractivity contribution in [3.05, 3.63) is 36.2 Å². The maximum absolute atomic E-state index is 11.9. The van der Waals surface area contributed by atoms with Crippen LogP contribution in [0.15, 0.2) is 30.6 Å². The lowest BCUT2D eigenvalue weighted by Gasteiger charge is -2.17. The smallest absolute Gasteiger partial charge is 0.326 e. The summed E-state index contributed by atoms with van der Waals surface area (Å²) in [5.74, 6) is -1.53. The van der Waals surface area contributed by atoms with Gasteiger partial charge in [0.2, 0.25) is 5.91 Å². The third-order valence-corrected chi connectivity index (χ3v) is 3.16. The number of carboxylic acids is 1. The van der Waals surface area contributed by atoms with Crippen LogP contribution < -0.4 is 5.32 Å². The van der Waals surface area contributed by atoms with Gasteiger partial charge in [-0.05, 0) is 34.0 Å². The number of carboxylic acid groups (broad SMARTS) is 1. The fourth-order valence-electron chi connectivity index (χ4n) is 1.97. The van der Waals surface area contributed by atoms with E-state index in [4.69, 9.17) is 5.11 Å². The molecule has 1 atom stereocenters. The van der Waals surface area contributed by atoms with Crippen molar-refractivity contribution in [1.82, 2.24) is 25.5 Å². The summed E-state index contributed by atoms with van der Waals surface area (Å²) < 4.78 is 1.50. The molecule has 0 aliphatic heterocycles. The molecule has 8 heteroatoms. The first-order chi connectivity index (χ1) is 10.5. The second-order valence-electron chi connectivity index (χ2n) is 5.23. The minimum atomic E-state index is -1.03. The number of nitrogens with one attached hydrogen (secondary N) is 1. The SMILES string of the molecule is CC(C)[C@H](NC(=O)Cc1ccc(-n2cnnn2)cc1)C(=O)O. The van der Waals surface area contributed by atoms with Gasteiger partial charge in [0.15, 0.2) is 0 Å². The molecule has 1 aromatic heterocycles. The van der Waals surface area contributed by atoms with Crippen LogP contribution in [-0.4, -0.2) is 43.2 Å². The van der Waals surface area contributed by atoms with Crippen LogP contribution in [0.25, 0.3) is 5.69 Å². The zero-order valence-corrected chi connectivity index (χ0v) is 12.3. The monoisotopic (exact) mass is 303 g/mol. The van der Waals surface area contributed by atoms with Crippen LogP contribution in [-0.2, 0) is 16.0 Å². The first-order valence-electron chi connectivity index (χ1n) is 6.82. The van der Waals surface area contributed by atoms with E-state index in [1.807, 2.05) is 0 Å². The summed E-state index contributed by atoms with van der Waals surface area (Å²) in [7, 11) is 0. The summed E-state index contributed by atoms with van der Waals surface area (Å²) >= 11 is 0. The normalized spacial score (nSPS) is 12.1. The molecule has 0 saturated carbocycles. The van der Waals surface area contributed by atoms with Gasteiger partial charge in [0, 0.05) is 0 Å². The predicted octanol–water partition coefficient (Wildman–Crippen LogP) is 0.430. The van der Waals surface area contributed by atoms with E-state index >= 15 is 0 Å². The lowest BCUT2D eigenvalue weighted by Crippen LogP contribution is -2.44. The molecule has 0 fully saturated rings. The van der Waals surface area contributed by atoms with E-state index < -0.39 is 12.0 Å². The van der Waals surface area contributed by atoms with Crippen LogP contribution in [0.4, 0.5) is 0 Å². The highest BCUT2D eigenvalue weighted by Gasteiger charge is 2.23. The van der Waals surface area contributed by atoms with Crippen molar-refractivity contribution in [2.24, 2.45) is 5.92 Å². The highest BCUT2D eigenvalue weighted by Crippen LogP contribution is 2.09. The van der Waals surface area contributed by atoms with Gasteiger partial charge in [-0.2, -0.15) is 0 Å². The second-order valence-corrected chi connectivity index (χ2v) is 5.23. The third kappa shape index (κ3) is 3.87. The maximum Gasteiger partial charge on any atom is 0.326 e. The van der Waals surface area contributed by atoms with Gasteiger partial charge in [0.1, 0.15) is 12.4 Å². The number of amides is 1. The summed E-state index contributed by atoms with van der Waals surface area (Å²) in [6.45, 7) is 3.50. The summed E-state index contributed by atoms with van der Waals surface area (Å²) in [4.78, 5) is 23.0. The Morgan fingerprint density at radius 3 is 2.45 bits per heavy atom. The zero-order valence-electron chi connectivity index (χ0n) is 12.3. The molecule has 1 amide bonds. The Labute approximate surface area is 127 Å². The van der Waals surface area contributed by atoms with Crippen molar-refractivity contribution < 1.29 is 14.7 Å². The topological polar surface area (TPSA) is 110 Å². The standard InChI is InChI=1S/C14H17N5O3/c1-9(2)13(14(21)22)16-12(20)7-10-3-5-11(6-4-10)19-8-15-17-18-19/h3-6,8-9,13H,7H2,1-2H3,(H,16,20)(H,21,22)/t13-/m0/s1. The zero-order chi connectivity index (χ0) is 16.1.